The van der Waals surface area contributed by atoms with Crippen molar-refractivity contribution in [2.24, 2.45) is 0 Å². The van der Waals surface area contributed by atoms with Gasteiger partial charge in [-0.05, 0) is 77.8 Å². The highest BCUT2D eigenvalue weighted by molar-refractivity contribution is 7.20. The lowest BCUT2D eigenvalue weighted by Crippen LogP contribution is -2.38. The summed E-state index contributed by atoms with van der Waals surface area (Å²) in [5.41, 5.74) is -0.0124. The van der Waals surface area contributed by atoms with Gasteiger partial charge < -0.3 is 29.0 Å². The first-order valence-corrected chi connectivity index (χ1v) is 14.1. The Morgan fingerprint density at radius 3 is 2.68 bits per heavy atom. The van der Waals surface area contributed by atoms with Crippen molar-refractivity contribution in [3.05, 3.63) is 17.9 Å². The van der Waals surface area contributed by atoms with Crippen molar-refractivity contribution in [2.75, 3.05) is 19.8 Å². The van der Waals surface area contributed by atoms with E-state index in [1.165, 1.54) is 18.3 Å². The first-order valence-electron chi connectivity index (χ1n) is 13.2. The van der Waals surface area contributed by atoms with Gasteiger partial charge >= 0.3 is 0 Å². The van der Waals surface area contributed by atoms with Crippen LogP contribution in [0, 0.1) is 5.82 Å². The van der Waals surface area contributed by atoms with Crippen LogP contribution in [0.4, 0.5) is 4.39 Å². The fourth-order valence-electron chi connectivity index (χ4n) is 4.67. The zero-order chi connectivity index (χ0) is 26.4. The Kier molecular flexibility index (Phi) is 9.61. The lowest BCUT2D eigenvalue weighted by molar-refractivity contribution is -0.221. The maximum atomic E-state index is 15.3. The Morgan fingerprint density at radius 2 is 1.97 bits per heavy atom. The molecule has 1 aliphatic heterocycles. The molecule has 10 heteroatoms. The number of hydrogen-bond donors (Lipinski definition) is 1. The van der Waals surface area contributed by atoms with Crippen LogP contribution < -0.4 is 14.8 Å². The Hall–Kier alpha value is -2.01. The van der Waals surface area contributed by atoms with Gasteiger partial charge in [0.25, 0.3) is 5.19 Å². The highest BCUT2D eigenvalue weighted by Gasteiger charge is 2.28. The first kappa shape index (κ1) is 28.0. The number of thiazole rings is 1. The van der Waals surface area contributed by atoms with Crippen LogP contribution in [0.2, 0.25) is 0 Å². The number of carbonyl (C=O) groups excluding carboxylic acids is 1. The van der Waals surface area contributed by atoms with E-state index in [1.807, 2.05) is 20.8 Å². The van der Waals surface area contributed by atoms with Crippen molar-refractivity contribution in [3.63, 3.8) is 0 Å². The van der Waals surface area contributed by atoms with Gasteiger partial charge in [-0.2, -0.15) is 0 Å². The molecule has 1 saturated heterocycles. The highest BCUT2D eigenvalue weighted by atomic mass is 32.1. The van der Waals surface area contributed by atoms with Gasteiger partial charge in [-0.25, -0.2) is 9.37 Å². The maximum absolute atomic E-state index is 15.3. The zero-order valence-electron chi connectivity index (χ0n) is 22.2. The monoisotopic (exact) mass is 538 g/mol. The molecular formula is C27H39FN2O6S. The van der Waals surface area contributed by atoms with Gasteiger partial charge in [0, 0.05) is 19.6 Å². The largest absolute Gasteiger partial charge is 0.487 e. The number of amides is 1. The fraction of sp³-hybridized carbons (Fsp3) is 0.704. The van der Waals surface area contributed by atoms with Gasteiger partial charge in [0.2, 0.25) is 5.91 Å². The number of fused-ring (bicyclic) bond motifs is 1. The van der Waals surface area contributed by atoms with E-state index in [-0.39, 0.29) is 42.8 Å². The molecule has 0 bridgehead atoms. The second-order valence-electron chi connectivity index (χ2n) is 10.6. The summed E-state index contributed by atoms with van der Waals surface area (Å²) in [4.78, 5) is 15.6. The van der Waals surface area contributed by atoms with Crippen molar-refractivity contribution in [1.82, 2.24) is 10.3 Å². The molecule has 1 aliphatic carbocycles. The van der Waals surface area contributed by atoms with Gasteiger partial charge in [-0.1, -0.05) is 11.3 Å². The quantitative estimate of drug-likeness (QED) is 0.412. The molecule has 2 atom stereocenters. The predicted octanol–water partition coefficient (Wildman–Crippen LogP) is 5.37. The van der Waals surface area contributed by atoms with E-state index in [0.717, 1.165) is 51.6 Å². The highest BCUT2D eigenvalue weighted by Crippen LogP contribution is 2.36. The number of benzene rings is 1. The molecule has 206 valence electrons. The Bertz CT molecular complexity index is 1030. The molecule has 0 radical (unpaired) electrons. The van der Waals surface area contributed by atoms with E-state index in [1.54, 1.807) is 12.1 Å². The normalized spacial score (nSPS) is 23.5. The minimum atomic E-state index is -0.558. The molecule has 1 amide bonds. The molecule has 8 nitrogen and oxygen atoms in total. The second kappa shape index (κ2) is 12.7. The summed E-state index contributed by atoms with van der Waals surface area (Å²) < 4.78 is 45.3. The molecule has 1 unspecified atom stereocenters. The minimum absolute atomic E-state index is 0.0231. The Labute approximate surface area is 222 Å². The molecule has 1 saturated carbocycles. The van der Waals surface area contributed by atoms with E-state index in [0.29, 0.717) is 22.0 Å². The third-order valence-electron chi connectivity index (χ3n) is 6.52. The van der Waals surface area contributed by atoms with Crippen molar-refractivity contribution >= 4 is 27.5 Å². The minimum Gasteiger partial charge on any atom is -0.487 e. The fourth-order valence-corrected chi connectivity index (χ4v) is 5.51. The number of ether oxygens (including phenoxy) is 5. The number of carbonyl (C=O) groups is 1. The van der Waals surface area contributed by atoms with Gasteiger partial charge in [0.1, 0.15) is 6.61 Å². The lowest BCUT2D eigenvalue weighted by Gasteiger charge is -2.32. The van der Waals surface area contributed by atoms with Gasteiger partial charge in [0.05, 0.1) is 34.6 Å². The molecule has 2 aromatic rings. The third-order valence-corrected chi connectivity index (χ3v) is 7.50. The van der Waals surface area contributed by atoms with E-state index < -0.39 is 11.4 Å². The van der Waals surface area contributed by atoms with E-state index in [4.69, 9.17) is 23.7 Å². The average molecular weight is 539 g/mol. The first-order chi connectivity index (χ1) is 17.7. The molecular weight excluding hydrogens is 499 g/mol. The predicted molar refractivity (Wildman–Crippen MR) is 140 cm³/mol. The number of aromatic nitrogens is 1. The average Bonchev–Trinajstić information content (AvgIpc) is 3.28. The summed E-state index contributed by atoms with van der Waals surface area (Å²) in [6.07, 6.45) is 6.13. The number of halogens is 1. The van der Waals surface area contributed by atoms with E-state index in [9.17, 15) is 4.79 Å². The third kappa shape index (κ3) is 8.24. The summed E-state index contributed by atoms with van der Waals surface area (Å²) in [6.45, 7) is 8.81. The zero-order valence-corrected chi connectivity index (χ0v) is 23.0. The Morgan fingerprint density at radius 1 is 1.22 bits per heavy atom. The molecule has 2 fully saturated rings. The van der Waals surface area contributed by atoms with Crippen LogP contribution in [0.3, 0.4) is 0 Å². The molecule has 2 aliphatic rings. The van der Waals surface area contributed by atoms with Gasteiger partial charge in [-0.3, -0.25) is 4.79 Å². The maximum Gasteiger partial charge on any atom is 0.274 e. The number of hydrogen-bond acceptors (Lipinski definition) is 8. The van der Waals surface area contributed by atoms with Crippen molar-refractivity contribution in [1.29, 1.82) is 0 Å². The summed E-state index contributed by atoms with van der Waals surface area (Å²) >= 11 is 1.18. The van der Waals surface area contributed by atoms with Gasteiger partial charge in [-0.15, -0.1) is 0 Å². The molecule has 0 spiro atoms. The summed E-state index contributed by atoms with van der Waals surface area (Å²) in [7, 11) is 0. The SMILES string of the molecule is CC(=O)N[C@@H](C)COC1CCC(Oc2ccc3nc(OCC(C)(C)OC4CCCCO4)sc3c2F)CC1. The Balaban J connectivity index is 1.27. The smallest absolute Gasteiger partial charge is 0.274 e. The van der Waals surface area contributed by atoms with E-state index >= 15 is 4.39 Å². The van der Waals surface area contributed by atoms with Gasteiger partial charge in [0.15, 0.2) is 17.9 Å². The molecule has 4 rings (SSSR count). The summed E-state index contributed by atoms with van der Waals surface area (Å²) in [5, 5.41) is 3.22. The topological polar surface area (TPSA) is 88.1 Å². The molecule has 1 aromatic carbocycles. The van der Waals surface area contributed by atoms with Crippen LogP contribution in [0.15, 0.2) is 12.1 Å². The summed E-state index contributed by atoms with van der Waals surface area (Å²) in [6, 6.07) is 3.39. The van der Waals surface area contributed by atoms with Crippen LogP contribution in [0.1, 0.15) is 72.6 Å². The number of nitrogens with zero attached hydrogens (tertiary/aromatic N) is 1. The van der Waals surface area contributed by atoms with Crippen molar-refractivity contribution in [3.8, 4) is 10.9 Å². The molecule has 2 heterocycles. The van der Waals surface area contributed by atoms with Crippen LogP contribution >= 0.6 is 11.3 Å². The van der Waals surface area contributed by atoms with Crippen molar-refractivity contribution < 1.29 is 32.9 Å². The number of nitrogens with one attached hydrogen (secondary N) is 1. The van der Waals surface area contributed by atoms with Crippen LogP contribution in [-0.4, -0.2) is 60.9 Å². The lowest BCUT2D eigenvalue weighted by atomic mass is 9.95. The molecule has 1 N–H and O–H groups in total. The van der Waals surface area contributed by atoms with Crippen molar-refractivity contribution in [2.45, 2.75) is 103 Å². The standard InChI is InChI=1S/C27H39FN2O6S/c1-17(29-18(2)31)15-33-19-8-10-20(11-9-19)35-22-13-12-21-25(24(22)28)37-26(30-21)34-16-27(3,4)36-23-7-5-6-14-32-23/h12-13,17,19-20,23H,5-11,14-16H2,1-4H3,(H,29,31)/t17-,19?,20?,23?/m0/s1. The molecule has 37 heavy (non-hydrogen) atoms. The van der Waals surface area contributed by atoms with Crippen LogP contribution in [0.25, 0.3) is 10.2 Å². The van der Waals surface area contributed by atoms with Crippen LogP contribution in [-0.2, 0) is 19.0 Å². The second-order valence-corrected chi connectivity index (χ2v) is 11.6. The summed E-state index contributed by atoms with van der Waals surface area (Å²) in [5.74, 6) is -0.225. The van der Waals surface area contributed by atoms with E-state index in [2.05, 4.69) is 10.3 Å². The molecule has 1 aromatic heterocycles. The number of rotatable bonds is 11. The van der Waals surface area contributed by atoms with Crippen LogP contribution in [0.5, 0.6) is 10.9 Å².